The van der Waals surface area contributed by atoms with Gasteiger partial charge in [0.1, 0.15) is 5.82 Å². The molecule has 2 N–H and O–H groups in total. The molecule has 0 heterocycles. The van der Waals surface area contributed by atoms with Gasteiger partial charge in [0.05, 0.1) is 9.82 Å². The van der Waals surface area contributed by atoms with Crippen LogP contribution in [0.3, 0.4) is 0 Å². The lowest BCUT2D eigenvalue weighted by molar-refractivity contribution is -0.384. The first-order valence-electron chi connectivity index (χ1n) is 6.93. The fraction of sp³-hybridized carbons (Fsp3) is 0.200. The number of rotatable bonds is 6. The summed E-state index contributed by atoms with van der Waals surface area (Å²) in [6, 6.07) is 9.48. The summed E-state index contributed by atoms with van der Waals surface area (Å²) in [4.78, 5) is 9.93. The van der Waals surface area contributed by atoms with Crippen molar-refractivity contribution in [2.24, 2.45) is 5.73 Å². The minimum atomic E-state index is -3.86. The van der Waals surface area contributed by atoms with E-state index >= 15 is 0 Å². The van der Waals surface area contributed by atoms with Crippen LogP contribution in [0.1, 0.15) is 11.6 Å². The van der Waals surface area contributed by atoms with Crippen molar-refractivity contribution < 1.29 is 17.7 Å². The summed E-state index contributed by atoms with van der Waals surface area (Å²) in [5.41, 5.74) is 6.21. The van der Waals surface area contributed by atoms with Gasteiger partial charge in [0.25, 0.3) is 5.69 Å². The average Bonchev–Trinajstić information content (AvgIpc) is 2.54. The number of sulfonamides is 1. The topological polar surface area (TPSA) is 107 Å². The predicted octanol–water partition coefficient (Wildman–Crippen LogP) is 2.48. The highest BCUT2D eigenvalue weighted by molar-refractivity contribution is 7.89. The third kappa shape index (κ3) is 4.95. The van der Waals surface area contributed by atoms with Crippen molar-refractivity contribution in [2.75, 3.05) is 13.6 Å². The number of nitrogens with zero attached hydrogens (tertiary/aromatic N) is 2. The number of hydrogen-bond acceptors (Lipinski definition) is 5. The van der Waals surface area contributed by atoms with Crippen LogP contribution in [0.2, 0.25) is 0 Å². The molecule has 136 valence electrons. The molecule has 10 heteroatoms. The van der Waals surface area contributed by atoms with E-state index in [2.05, 4.69) is 0 Å². The van der Waals surface area contributed by atoms with Crippen molar-refractivity contribution in [3.05, 3.63) is 70.0 Å². The standard InChI is InChI=1S/C15H16FN3O4S.ClH/c1-18(10-15(17)11-3-2-4-12(16)9-11)24(22,23)14-7-5-13(6-8-14)19(20)21;/h2-9,15H,10,17H2,1H3;1H/t15-;/m0./s1. The smallest absolute Gasteiger partial charge is 0.269 e. The molecule has 0 aromatic heterocycles. The Balaban J connectivity index is 0.00000312. The Bertz CT molecular complexity index is 846. The molecule has 25 heavy (non-hydrogen) atoms. The largest absolute Gasteiger partial charge is 0.323 e. The fourth-order valence-corrected chi connectivity index (χ4v) is 3.33. The number of nitrogens with two attached hydrogens (primary N) is 1. The molecule has 0 radical (unpaired) electrons. The van der Waals surface area contributed by atoms with E-state index in [9.17, 15) is 22.9 Å². The predicted molar refractivity (Wildman–Crippen MR) is 93.5 cm³/mol. The maximum Gasteiger partial charge on any atom is 0.269 e. The first-order chi connectivity index (χ1) is 11.2. The second-order valence-electron chi connectivity index (χ2n) is 5.20. The molecule has 2 aromatic rings. The van der Waals surface area contributed by atoms with Crippen LogP contribution in [-0.4, -0.2) is 31.2 Å². The molecule has 7 nitrogen and oxygen atoms in total. The maximum atomic E-state index is 13.2. The van der Waals surface area contributed by atoms with Crippen molar-refractivity contribution in [3.63, 3.8) is 0 Å². The van der Waals surface area contributed by atoms with Crippen molar-refractivity contribution in [2.45, 2.75) is 10.9 Å². The zero-order valence-corrected chi connectivity index (χ0v) is 14.8. The summed E-state index contributed by atoms with van der Waals surface area (Å²) in [6.45, 7) is -0.0667. The van der Waals surface area contributed by atoms with Crippen LogP contribution in [0, 0.1) is 15.9 Å². The molecule has 0 aliphatic heterocycles. The third-order valence-electron chi connectivity index (χ3n) is 3.49. The number of benzene rings is 2. The van der Waals surface area contributed by atoms with Crippen LogP contribution in [0.4, 0.5) is 10.1 Å². The summed E-state index contributed by atoms with van der Waals surface area (Å²) >= 11 is 0. The number of likely N-dealkylation sites (N-methyl/N-ethyl adjacent to an activating group) is 1. The lowest BCUT2D eigenvalue weighted by Crippen LogP contribution is -2.34. The quantitative estimate of drug-likeness (QED) is 0.603. The molecule has 2 aromatic carbocycles. The minimum absolute atomic E-state index is 0. The Morgan fingerprint density at radius 3 is 2.36 bits per heavy atom. The van der Waals surface area contributed by atoms with E-state index in [1.165, 1.54) is 25.2 Å². The second kappa shape index (κ2) is 8.34. The van der Waals surface area contributed by atoms with Gasteiger partial charge in [0.15, 0.2) is 0 Å². The molecular weight excluding hydrogens is 373 g/mol. The molecule has 1 atom stereocenters. The molecule has 0 aliphatic rings. The second-order valence-corrected chi connectivity index (χ2v) is 7.24. The van der Waals surface area contributed by atoms with Crippen LogP contribution in [0.25, 0.3) is 0 Å². The molecule has 0 aliphatic carbocycles. The summed E-state index contributed by atoms with van der Waals surface area (Å²) in [7, 11) is -2.51. The number of nitro benzene ring substituents is 1. The lowest BCUT2D eigenvalue weighted by atomic mass is 10.1. The van der Waals surface area contributed by atoms with Gasteiger partial charge in [-0.1, -0.05) is 12.1 Å². The first kappa shape index (κ1) is 21.0. The molecule has 0 amide bonds. The molecule has 0 unspecified atom stereocenters. The molecule has 0 saturated carbocycles. The Morgan fingerprint density at radius 1 is 1.24 bits per heavy atom. The van der Waals surface area contributed by atoms with Gasteiger partial charge in [-0.2, -0.15) is 4.31 Å². The minimum Gasteiger partial charge on any atom is -0.323 e. The summed E-state index contributed by atoms with van der Waals surface area (Å²) in [6.07, 6.45) is 0. The van der Waals surface area contributed by atoms with Crippen LogP contribution < -0.4 is 5.73 Å². The Hall–Kier alpha value is -2.07. The van der Waals surface area contributed by atoms with Gasteiger partial charge in [-0.15, -0.1) is 12.4 Å². The van der Waals surface area contributed by atoms with E-state index in [-0.39, 0.29) is 29.5 Å². The van der Waals surface area contributed by atoms with Gasteiger partial charge in [-0.25, -0.2) is 12.8 Å². The van der Waals surface area contributed by atoms with Gasteiger partial charge in [-0.3, -0.25) is 10.1 Å². The van der Waals surface area contributed by atoms with E-state index in [1.54, 1.807) is 6.07 Å². The van der Waals surface area contributed by atoms with Crippen LogP contribution in [-0.2, 0) is 10.0 Å². The summed E-state index contributed by atoms with van der Waals surface area (Å²) in [5, 5.41) is 10.6. The highest BCUT2D eigenvalue weighted by atomic mass is 35.5. The normalized spacial score (nSPS) is 12.5. The van der Waals surface area contributed by atoms with Gasteiger partial charge < -0.3 is 5.73 Å². The SMILES string of the molecule is CN(C[C@H](N)c1cccc(F)c1)S(=O)(=O)c1ccc([N+](=O)[O-])cc1.Cl. The Morgan fingerprint density at radius 2 is 1.84 bits per heavy atom. The Kier molecular flexibility index (Phi) is 7.00. The number of nitro groups is 1. The molecule has 2 rings (SSSR count). The van der Waals surface area contributed by atoms with Crippen molar-refractivity contribution in [1.82, 2.24) is 4.31 Å². The highest BCUT2D eigenvalue weighted by Gasteiger charge is 2.24. The molecular formula is C15H17ClFN3O4S. The van der Waals surface area contributed by atoms with Gasteiger partial charge in [0.2, 0.25) is 10.0 Å². The fourth-order valence-electron chi connectivity index (χ4n) is 2.14. The maximum absolute atomic E-state index is 13.2. The lowest BCUT2D eigenvalue weighted by Gasteiger charge is -2.21. The van der Waals surface area contributed by atoms with Gasteiger partial charge in [-0.05, 0) is 29.8 Å². The van der Waals surface area contributed by atoms with E-state index in [0.717, 1.165) is 28.6 Å². The van der Waals surface area contributed by atoms with Crippen LogP contribution >= 0.6 is 12.4 Å². The van der Waals surface area contributed by atoms with E-state index in [0.29, 0.717) is 5.56 Å². The highest BCUT2D eigenvalue weighted by Crippen LogP contribution is 2.21. The zero-order valence-electron chi connectivity index (χ0n) is 13.2. The monoisotopic (exact) mass is 389 g/mol. The van der Waals surface area contributed by atoms with Crippen LogP contribution in [0.15, 0.2) is 53.4 Å². The Labute approximate surface area is 150 Å². The molecule has 0 saturated heterocycles. The van der Waals surface area contributed by atoms with E-state index in [1.807, 2.05) is 0 Å². The van der Waals surface area contributed by atoms with E-state index < -0.39 is 26.8 Å². The van der Waals surface area contributed by atoms with Crippen molar-refractivity contribution in [1.29, 1.82) is 0 Å². The number of hydrogen-bond donors (Lipinski definition) is 1. The zero-order chi connectivity index (χ0) is 17.9. The van der Waals surface area contributed by atoms with Crippen LogP contribution in [0.5, 0.6) is 0 Å². The number of non-ortho nitro benzene ring substituents is 1. The number of halogens is 2. The third-order valence-corrected chi connectivity index (χ3v) is 5.32. The molecule has 0 spiro atoms. The molecule has 0 bridgehead atoms. The first-order valence-corrected chi connectivity index (χ1v) is 8.37. The average molecular weight is 390 g/mol. The van der Waals surface area contributed by atoms with Crippen molar-refractivity contribution in [3.8, 4) is 0 Å². The van der Waals surface area contributed by atoms with E-state index in [4.69, 9.17) is 5.73 Å². The summed E-state index contributed by atoms with van der Waals surface area (Å²) in [5.74, 6) is -0.455. The van der Waals surface area contributed by atoms with Crippen molar-refractivity contribution >= 4 is 28.1 Å². The summed E-state index contributed by atoms with van der Waals surface area (Å²) < 4.78 is 39.2. The van der Waals surface area contributed by atoms with Gasteiger partial charge >= 0.3 is 0 Å². The molecule has 0 fully saturated rings. The van der Waals surface area contributed by atoms with Gasteiger partial charge in [0, 0.05) is 31.8 Å².